The van der Waals surface area contributed by atoms with E-state index in [1.54, 1.807) is 6.07 Å². The highest BCUT2D eigenvalue weighted by Gasteiger charge is 2.13. The maximum Gasteiger partial charge on any atom is 0.123 e. The molecule has 1 N–H and O–H groups in total. The lowest BCUT2D eigenvalue weighted by molar-refractivity contribution is 0.584. The zero-order valence-electron chi connectivity index (χ0n) is 12.0. The molecule has 20 heavy (non-hydrogen) atoms. The van der Waals surface area contributed by atoms with Crippen molar-refractivity contribution < 1.29 is 4.39 Å². The second-order valence-electron chi connectivity index (χ2n) is 5.12. The average molecular weight is 292 g/mol. The van der Waals surface area contributed by atoms with Crippen LogP contribution in [0.1, 0.15) is 28.3 Å². The first-order valence-corrected chi connectivity index (χ1v) is 7.07. The molecule has 3 heteroatoms. The van der Waals surface area contributed by atoms with Crippen molar-refractivity contribution in [3.05, 3.63) is 69.5 Å². The largest absolute Gasteiger partial charge is 0.313 e. The first kappa shape index (κ1) is 15.0. The van der Waals surface area contributed by atoms with Gasteiger partial charge in [0.1, 0.15) is 5.82 Å². The Morgan fingerprint density at radius 2 is 1.85 bits per heavy atom. The Hall–Kier alpha value is -1.38. The highest BCUT2D eigenvalue weighted by Crippen LogP contribution is 2.25. The molecule has 1 unspecified atom stereocenters. The van der Waals surface area contributed by atoms with Crippen molar-refractivity contribution in [1.82, 2.24) is 5.32 Å². The summed E-state index contributed by atoms with van der Waals surface area (Å²) < 4.78 is 13.3. The molecule has 1 nitrogen and oxygen atoms in total. The van der Waals surface area contributed by atoms with Crippen LogP contribution in [0.15, 0.2) is 36.4 Å². The Labute approximate surface area is 124 Å². The van der Waals surface area contributed by atoms with Gasteiger partial charge in [-0.2, -0.15) is 0 Å². The molecule has 0 aliphatic rings. The van der Waals surface area contributed by atoms with Crippen LogP contribution in [-0.2, 0) is 6.42 Å². The van der Waals surface area contributed by atoms with E-state index in [2.05, 4.69) is 37.4 Å². The smallest absolute Gasteiger partial charge is 0.123 e. The fourth-order valence-corrected chi connectivity index (χ4v) is 2.48. The first-order chi connectivity index (χ1) is 9.51. The monoisotopic (exact) mass is 291 g/mol. The summed E-state index contributed by atoms with van der Waals surface area (Å²) in [5, 5.41) is 3.89. The van der Waals surface area contributed by atoms with Crippen molar-refractivity contribution in [3.63, 3.8) is 0 Å². The van der Waals surface area contributed by atoms with Crippen LogP contribution in [0.5, 0.6) is 0 Å². The van der Waals surface area contributed by atoms with E-state index >= 15 is 0 Å². The summed E-state index contributed by atoms with van der Waals surface area (Å²) >= 11 is 6.15. The third-order valence-corrected chi connectivity index (χ3v) is 4.08. The van der Waals surface area contributed by atoms with Crippen molar-refractivity contribution in [3.8, 4) is 0 Å². The zero-order chi connectivity index (χ0) is 14.7. The number of hydrogen-bond acceptors (Lipinski definition) is 1. The lowest BCUT2D eigenvalue weighted by Crippen LogP contribution is -2.19. The van der Waals surface area contributed by atoms with Crippen molar-refractivity contribution in [2.75, 3.05) is 7.05 Å². The average Bonchev–Trinajstić information content (AvgIpc) is 2.43. The summed E-state index contributed by atoms with van der Waals surface area (Å²) in [7, 11) is 1.91. The van der Waals surface area contributed by atoms with Gasteiger partial charge in [-0.15, -0.1) is 0 Å². The van der Waals surface area contributed by atoms with Crippen LogP contribution in [0, 0.1) is 19.7 Å². The molecule has 2 aromatic carbocycles. The molecule has 2 rings (SSSR count). The molecule has 1 atom stereocenters. The molecule has 0 radical (unpaired) electrons. The minimum atomic E-state index is -0.251. The van der Waals surface area contributed by atoms with Crippen LogP contribution in [0.3, 0.4) is 0 Å². The number of hydrogen-bond donors (Lipinski definition) is 1. The van der Waals surface area contributed by atoms with Gasteiger partial charge < -0.3 is 5.32 Å². The third kappa shape index (κ3) is 3.38. The lowest BCUT2D eigenvalue weighted by atomic mass is 9.96. The Morgan fingerprint density at radius 1 is 1.10 bits per heavy atom. The van der Waals surface area contributed by atoms with E-state index in [1.165, 1.54) is 28.8 Å². The van der Waals surface area contributed by atoms with Crippen LogP contribution in [0.4, 0.5) is 4.39 Å². The van der Waals surface area contributed by atoms with Gasteiger partial charge in [-0.3, -0.25) is 0 Å². The van der Waals surface area contributed by atoms with Gasteiger partial charge in [0.05, 0.1) is 0 Å². The topological polar surface area (TPSA) is 12.0 Å². The van der Waals surface area contributed by atoms with Crippen LogP contribution >= 0.6 is 11.6 Å². The van der Waals surface area contributed by atoms with Crippen molar-refractivity contribution in [2.45, 2.75) is 26.3 Å². The van der Waals surface area contributed by atoms with Gasteiger partial charge >= 0.3 is 0 Å². The molecule has 0 saturated carbocycles. The van der Waals surface area contributed by atoms with Gasteiger partial charge in [0.15, 0.2) is 0 Å². The maximum absolute atomic E-state index is 13.3. The number of halogens is 2. The van der Waals surface area contributed by atoms with Crippen LogP contribution in [0.25, 0.3) is 0 Å². The molecule has 0 bridgehead atoms. The van der Waals surface area contributed by atoms with Gasteiger partial charge in [-0.25, -0.2) is 4.39 Å². The van der Waals surface area contributed by atoms with Crippen molar-refractivity contribution >= 4 is 11.6 Å². The van der Waals surface area contributed by atoms with E-state index in [1.807, 2.05) is 7.05 Å². The fourth-order valence-electron chi connectivity index (χ4n) is 2.29. The van der Waals surface area contributed by atoms with E-state index in [0.29, 0.717) is 11.4 Å². The van der Waals surface area contributed by atoms with Gasteiger partial charge in [-0.1, -0.05) is 29.8 Å². The highest BCUT2D eigenvalue weighted by molar-refractivity contribution is 6.31. The molecule has 0 aromatic heterocycles. The van der Waals surface area contributed by atoms with Gasteiger partial charge in [-0.05, 0) is 67.8 Å². The molecular weight excluding hydrogens is 273 g/mol. The SMILES string of the molecule is CNC(Cc1cc(F)ccc1Cl)c1ccc(C)c(C)c1. The molecule has 0 fully saturated rings. The second-order valence-corrected chi connectivity index (χ2v) is 5.53. The molecule has 0 aliphatic heterocycles. The van der Waals surface area contributed by atoms with Gasteiger partial charge in [0.2, 0.25) is 0 Å². The molecule has 106 valence electrons. The Morgan fingerprint density at radius 3 is 2.50 bits per heavy atom. The molecule has 2 aromatic rings. The van der Waals surface area contributed by atoms with Crippen molar-refractivity contribution in [2.24, 2.45) is 0 Å². The van der Waals surface area contributed by atoms with Crippen LogP contribution in [0.2, 0.25) is 5.02 Å². The van der Waals surface area contributed by atoms with Crippen LogP contribution < -0.4 is 5.32 Å². The number of benzene rings is 2. The molecule has 0 amide bonds. The second kappa shape index (κ2) is 6.38. The van der Waals surface area contributed by atoms with Gasteiger partial charge in [0, 0.05) is 11.1 Å². The summed E-state index contributed by atoms with van der Waals surface area (Å²) in [5.74, 6) is -0.251. The molecule has 0 saturated heterocycles. The summed E-state index contributed by atoms with van der Waals surface area (Å²) in [6.45, 7) is 4.19. The highest BCUT2D eigenvalue weighted by atomic mass is 35.5. The normalized spacial score (nSPS) is 12.4. The molecule has 0 spiro atoms. The van der Waals surface area contributed by atoms with Crippen molar-refractivity contribution in [1.29, 1.82) is 0 Å². The Kier molecular flexibility index (Phi) is 4.79. The van der Waals surface area contributed by atoms with E-state index in [-0.39, 0.29) is 11.9 Å². The van der Waals surface area contributed by atoms with E-state index in [0.717, 1.165) is 5.56 Å². The first-order valence-electron chi connectivity index (χ1n) is 6.69. The summed E-state index contributed by atoms with van der Waals surface area (Å²) in [6.07, 6.45) is 0.662. The summed E-state index contributed by atoms with van der Waals surface area (Å²) in [6, 6.07) is 11.0. The minimum absolute atomic E-state index is 0.119. The Balaban J connectivity index is 2.28. The number of aryl methyl sites for hydroxylation is 2. The number of rotatable bonds is 4. The predicted octanol–water partition coefficient (Wildman–Crippen LogP) is 4.60. The minimum Gasteiger partial charge on any atom is -0.313 e. The fraction of sp³-hybridized carbons (Fsp3) is 0.294. The number of likely N-dealkylation sites (N-methyl/N-ethyl adjacent to an activating group) is 1. The Bertz CT molecular complexity index is 610. The summed E-state index contributed by atoms with van der Waals surface area (Å²) in [5.41, 5.74) is 4.54. The summed E-state index contributed by atoms with van der Waals surface area (Å²) in [4.78, 5) is 0. The van der Waals surface area contributed by atoms with Gasteiger partial charge in [0.25, 0.3) is 0 Å². The molecule has 0 heterocycles. The zero-order valence-corrected chi connectivity index (χ0v) is 12.8. The number of nitrogens with one attached hydrogen (secondary N) is 1. The van der Waals surface area contributed by atoms with Crippen LogP contribution in [-0.4, -0.2) is 7.05 Å². The van der Waals surface area contributed by atoms with E-state index in [9.17, 15) is 4.39 Å². The molecular formula is C17H19ClFN. The third-order valence-electron chi connectivity index (χ3n) is 3.71. The maximum atomic E-state index is 13.3. The molecule has 0 aliphatic carbocycles. The quantitative estimate of drug-likeness (QED) is 0.868. The predicted molar refractivity (Wildman–Crippen MR) is 82.8 cm³/mol. The standard InChI is InChI=1S/C17H19ClFN/c1-11-4-5-13(8-12(11)2)17(20-3)10-14-9-15(19)6-7-16(14)18/h4-9,17,20H,10H2,1-3H3. The van der Waals surface area contributed by atoms with E-state index < -0.39 is 0 Å². The van der Waals surface area contributed by atoms with E-state index in [4.69, 9.17) is 11.6 Å². The lowest BCUT2D eigenvalue weighted by Gasteiger charge is -2.19.